The van der Waals surface area contributed by atoms with Gasteiger partial charge in [0, 0.05) is 45.3 Å². The van der Waals surface area contributed by atoms with Gasteiger partial charge < -0.3 is 20.2 Å². The molecule has 0 spiro atoms. The number of pyridine rings is 2. The van der Waals surface area contributed by atoms with Crippen LogP contribution >= 0.6 is 0 Å². The van der Waals surface area contributed by atoms with Crippen LogP contribution in [0.25, 0.3) is 22.1 Å². The lowest BCUT2D eigenvalue weighted by atomic mass is 10.2. The molecule has 4 rings (SSSR count). The first kappa shape index (κ1) is 13.4. The number of piperazine rings is 1. The molecule has 114 valence electrons. The SMILES string of the molecule is O=c1[nH]c2c(CCN3CCNCC3)nc3cccnc3c2[nH]1. The number of nitrogens with one attached hydrogen (secondary N) is 3. The molecule has 1 aliphatic heterocycles. The molecule has 1 aliphatic rings. The smallest absolute Gasteiger partial charge is 0.314 e. The van der Waals surface area contributed by atoms with Gasteiger partial charge in [-0.3, -0.25) is 4.98 Å². The fraction of sp³-hybridized carbons (Fsp3) is 0.400. The molecule has 7 heteroatoms. The van der Waals surface area contributed by atoms with Gasteiger partial charge >= 0.3 is 5.69 Å². The number of hydrogen-bond donors (Lipinski definition) is 3. The van der Waals surface area contributed by atoms with Gasteiger partial charge in [0.2, 0.25) is 0 Å². The van der Waals surface area contributed by atoms with Gasteiger partial charge in [0.05, 0.1) is 22.2 Å². The molecule has 7 nitrogen and oxygen atoms in total. The van der Waals surface area contributed by atoms with E-state index in [-0.39, 0.29) is 5.69 Å². The van der Waals surface area contributed by atoms with E-state index < -0.39 is 0 Å². The Hall–Kier alpha value is -2.25. The monoisotopic (exact) mass is 298 g/mol. The van der Waals surface area contributed by atoms with Gasteiger partial charge in [-0.15, -0.1) is 0 Å². The van der Waals surface area contributed by atoms with Crippen molar-refractivity contribution in [1.82, 2.24) is 30.2 Å². The van der Waals surface area contributed by atoms with Crippen molar-refractivity contribution in [2.45, 2.75) is 6.42 Å². The Morgan fingerprint density at radius 2 is 2.00 bits per heavy atom. The molecule has 0 aromatic carbocycles. The summed E-state index contributed by atoms with van der Waals surface area (Å²) in [6.45, 7) is 5.13. The van der Waals surface area contributed by atoms with Crippen molar-refractivity contribution in [2.75, 3.05) is 32.7 Å². The summed E-state index contributed by atoms with van der Waals surface area (Å²) in [4.78, 5) is 28.9. The molecule has 3 N–H and O–H groups in total. The molecule has 0 aliphatic carbocycles. The largest absolute Gasteiger partial charge is 0.323 e. The van der Waals surface area contributed by atoms with Crippen molar-refractivity contribution in [3.8, 4) is 0 Å². The lowest BCUT2D eigenvalue weighted by molar-refractivity contribution is 0.243. The highest BCUT2D eigenvalue weighted by atomic mass is 16.1. The summed E-state index contributed by atoms with van der Waals surface area (Å²) in [5.74, 6) is 0. The number of fused-ring (bicyclic) bond motifs is 3. The first-order chi connectivity index (χ1) is 10.8. The lowest BCUT2D eigenvalue weighted by Crippen LogP contribution is -2.44. The zero-order valence-electron chi connectivity index (χ0n) is 12.2. The standard InChI is InChI=1S/C15H18N6O/c22-15-19-13-11(3-7-21-8-5-16-6-9-21)18-10-2-1-4-17-12(10)14(13)20-15/h1-2,4,16H,3,5-9H2,(H2,19,20,22). The Balaban J connectivity index is 1.73. The van der Waals surface area contributed by atoms with Crippen LogP contribution in [0.5, 0.6) is 0 Å². The van der Waals surface area contributed by atoms with Crippen molar-refractivity contribution in [1.29, 1.82) is 0 Å². The van der Waals surface area contributed by atoms with Gasteiger partial charge in [-0.05, 0) is 12.1 Å². The van der Waals surface area contributed by atoms with E-state index in [0.29, 0.717) is 0 Å². The van der Waals surface area contributed by atoms with Crippen LogP contribution in [0, 0.1) is 0 Å². The van der Waals surface area contributed by atoms with Gasteiger partial charge in [-0.1, -0.05) is 0 Å². The molecule has 1 saturated heterocycles. The Morgan fingerprint density at radius 1 is 1.18 bits per heavy atom. The molecule has 22 heavy (non-hydrogen) atoms. The summed E-state index contributed by atoms with van der Waals surface area (Å²) in [5.41, 5.74) is 3.81. The third kappa shape index (κ3) is 2.38. The summed E-state index contributed by atoms with van der Waals surface area (Å²) in [7, 11) is 0. The van der Waals surface area contributed by atoms with Crippen LogP contribution in [0.3, 0.4) is 0 Å². The Bertz CT molecular complexity index is 861. The minimum atomic E-state index is -0.210. The van der Waals surface area contributed by atoms with Gasteiger partial charge in [-0.25, -0.2) is 9.78 Å². The number of H-pyrrole nitrogens is 2. The summed E-state index contributed by atoms with van der Waals surface area (Å²) < 4.78 is 0. The molecule has 0 unspecified atom stereocenters. The van der Waals surface area contributed by atoms with E-state index in [0.717, 1.165) is 66.9 Å². The van der Waals surface area contributed by atoms with Crippen LogP contribution in [-0.4, -0.2) is 57.6 Å². The number of aromatic nitrogens is 4. The maximum Gasteiger partial charge on any atom is 0.323 e. The second kappa shape index (κ2) is 5.51. The highest BCUT2D eigenvalue weighted by Crippen LogP contribution is 2.21. The number of rotatable bonds is 3. The van der Waals surface area contributed by atoms with Crippen LogP contribution in [-0.2, 0) is 6.42 Å². The summed E-state index contributed by atoms with van der Waals surface area (Å²) >= 11 is 0. The van der Waals surface area contributed by atoms with Crippen LogP contribution in [0.2, 0.25) is 0 Å². The maximum absolute atomic E-state index is 11.7. The highest BCUT2D eigenvalue weighted by molar-refractivity contribution is 6.00. The van der Waals surface area contributed by atoms with Crippen molar-refractivity contribution in [3.63, 3.8) is 0 Å². The predicted octanol–water partition coefficient (Wildman–Crippen LogP) is 0.247. The molecule has 0 atom stereocenters. The molecular weight excluding hydrogens is 280 g/mol. The van der Waals surface area contributed by atoms with E-state index in [9.17, 15) is 4.79 Å². The molecule has 0 saturated carbocycles. The number of aromatic amines is 2. The molecule has 3 aromatic rings. The molecule has 0 amide bonds. The zero-order valence-corrected chi connectivity index (χ0v) is 12.2. The Kier molecular flexibility index (Phi) is 3.36. The van der Waals surface area contributed by atoms with Crippen molar-refractivity contribution in [3.05, 3.63) is 34.5 Å². The molecule has 4 heterocycles. The normalized spacial score (nSPS) is 16.5. The van der Waals surface area contributed by atoms with Crippen LogP contribution in [0.15, 0.2) is 23.1 Å². The van der Waals surface area contributed by atoms with Gasteiger partial charge in [-0.2, -0.15) is 0 Å². The minimum Gasteiger partial charge on any atom is -0.314 e. The zero-order chi connectivity index (χ0) is 14.9. The quantitative estimate of drug-likeness (QED) is 0.645. The summed E-state index contributed by atoms with van der Waals surface area (Å²) in [6.07, 6.45) is 2.53. The van der Waals surface area contributed by atoms with E-state index in [2.05, 4.69) is 25.2 Å². The molecule has 3 aromatic heterocycles. The van der Waals surface area contributed by atoms with Gasteiger partial charge in [0.1, 0.15) is 5.52 Å². The van der Waals surface area contributed by atoms with Crippen LogP contribution in [0.4, 0.5) is 0 Å². The summed E-state index contributed by atoms with van der Waals surface area (Å²) in [5, 5.41) is 3.35. The third-order valence-electron chi connectivity index (χ3n) is 4.17. The van der Waals surface area contributed by atoms with Crippen molar-refractivity contribution < 1.29 is 0 Å². The highest BCUT2D eigenvalue weighted by Gasteiger charge is 2.14. The first-order valence-corrected chi connectivity index (χ1v) is 7.60. The van der Waals surface area contributed by atoms with E-state index in [1.165, 1.54) is 0 Å². The van der Waals surface area contributed by atoms with E-state index in [1.807, 2.05) is 12.1 Å². The summed E-state index contributed by atoms with van der Waals surface area (Å²) in [6, 6.07) is 3.80. The lowest BCUT2D eigenvalue weighted by Gasteiger charge is -2.26. The Labute approximate surface area is 126 Å². The van der Waals surface area contributed by atoms with Gasteiger partial charge in [0.15, 0.2) is 0 Å². The number of imidazole rings is 1. The Morgan fingerprint density at radius 3 is 2.86 bits per heavy atom. The first-order valence-electron chi connectivity index (χ1n) is 7.60. The van der Waals surface area contributed by atoms with Crippen molar-refractivity contribution >= 4 is 22.1 Å². The van der Waals surface area contributed by atoms with Crippen LogP contribution in [0.1, 0.15) is 5.69 Å². The second-order valence-corrected chi connectivity index (χ2v) is 5.60. The molecular formula is C15H18N6O. The number of hydrogen-bond acceptors (Lipinski definition) is 5. The van der Waals surface area contributed by atoms with Crippen LogP contribution < -0.4 is 11.0 Å². The predicted molar refractivity (Wildman–Crippen MR) is 85.0 cm³/mol. The maximum atomic E-state index is 11.7. The fourth-order valence-electron chi connectivity index (χ4n) is 3.04. The molecule has 0 radical (unpaired) electrons. The van der Waals surface area contributed by atoms with E-state index >= 15 is 0 Å². The fourth-order valence-corrected chi connectivity index (χ4v) is 3.04. The molecule has 0 bridgehead atoms. The van der Waals surface area contributed by atoms with E-state index in [4.69, 9.17) is 4.98 Å². The average molecular weight is 298 g/mol. The van der Waals surface area contributed by atoms with Gasteiger partial charge in [0.25, 0.3) is 0 Å². The minimum absolute atomic E-state index is 0.210. The van der Waals surface area contributed by atoms with E-state index in [1.54, 1.807) is 6.20 Å². The number of nitrogens with zero attached hydrogens (tertiary/aromatic N) is 3. The average Bonchev–Trinajstić information content (AvgIpc) is 2.95. The topological polar surface area (TPSA) is 89.7 Å². The van der Waals surface area contributed by atoms with Crippen molar-refractivity contribution in [2.24, 2.45) is 0 Å². The molecule has 1 fully saturated rings. The second-order valence-electron chi connectivity index (χ2n) is 5.60. The third-order valence-corrected chi connectivity index (χ3v) is 4.17.